The molecular formula is C12H16N2O. The molecule has 0 amide bonds. The summed E-state index contributed by atoms with van der Waals surface area (Å²) in [5, 5.41) is 13.4. The number of anilines is 2. The van der Waals surface area contributed by atoms with Crippen molar-refractivity contribution in [2.24, 2.45) is 5.92 Å². The summed E-state index contributed by atoms with van der Waals surface area (Å²) in [7, 11) is 0. The van der Waals surface area contributed by atoms with Crippen molar-refractivity contribution in [3.8, 4) is 0 Å². The highest BCUT2D eigenvalue weighted by atomic mass is 16.3. The molecule has 2 atom stereocenters. The van der Waals surface area contributed by atoms with E-state index < -0.39 is 0 Å². The highest BCUT2D eigenvalue weighted by Gasteiger charge is 2.38. The highest BCUT2D eigenvalue weighted by molar-refractivity contribution is 5.60. The van der Waals surface area contributed by atoms with Gasteiger partial charge in [-0.2, -0.15) is 0 Å². The maximum atomic E-state index is 10.0. The van der Waals surface area contributed by atoms with Crippen LogP contribution in [0.2, 0.25) is 0 Å². The first-order valence-electron chi connectivity index (χ1n) is 5.57. The van der Waals surface area contributed by atoms with Crippen molar-refractivity contribution in [2.75, 3.05) is 11.1 Å². The van der Waals surface area contributed by atoms with E-state index in [0.29, 0.717) is 5.92 Å². The van der Waals surface area contributed by atoms with Gasteiger partial charge in [-0.3, -0.25) is 0 Å². The molecular weight excluding hydrogens is 188 g/mol. The van der Waals surface area contributed by atoms with Crippen molar-refractivity contribution in [1.29, 1.82) is 0 Å². The fourth-order valence-corrected chi connectivity index (χ4v) is 2.44. The van der Waals surface area contributed by atoms with Crippen LogP contribution < -0.4 is 11.1 Å². The maximum absolute atomic E-state index is 10.0. The molecule has 3 rings (SSSR count). The monoisotopic (exact) mass is 204 g/mol. The number of nitrogen functional groups attached to an aromatic ring is 1. The molecule has 1 aromatic rings. The van der Waals surface area contributed by atoms with Crippen LogP contribution in [-0.4, -0.2) is 17.3 Å². The van der Waals surface area contributed by atoms with E-state index in [1.165, 1.54) is 12.8 Å². The first-order valence-corrected chi connectivity index (χ1v) is 5.57. The smallest absolute Gasteiger partial charge is 0.0784 e. The first kappa shape index (κ1) is 9.04. The van der Waals surface area contributed by atoms with E-state index in [4.69, 9.17) is 5.73 Å². The minimum Gasteiger partial charge on any atom is -0.399 e. The summed E-state index contributed by atoms with van der Waals surface area (Å²) in [4.78, 5) is 0. The molecule has 1 saturated carbocycles. The molecule has 1 fully saturated rings. The molecule has 15 heavy (non-hydrogen) atoms. The Hall–Kier alpha value is -1.22. The van der Waals surface area contributed by atoms with E-state index in [2.05, 4.69) is 5.32 Å². The van der Waals surface area contributed by atoms with Gasteiger partial charge in [-0.15, -0.1) is 0 Å². The Balaban J connectivity index is 1.91. The largest absolute Gasteiger partial charge is 0.399 e. The average molecular weight is 204 g/mol. The molecule has 3 nitrogen and oxygen atoms in total. The predicted molar refractivity (Wildman–Crippen MR) is 60.7 cm³/mol. The molecule has 0 aromatic heterocycles. The molecule has 4 N–H and O–H groups in total. The van der Waals surface area contributed by atoms with Crippen LogP contribution in [0.25, 0.3) is 0 Å². The van der Waals surface area contributed by atoms with Gasteiger partial charge in [-0.05, 0) is 42.5 Å². The molecule has 0 bridgehead atoms. The van der Waals surface area contributed by atoms with E-state index in [0.717, 1.165) is 23.4 Å². The van der Waals surface area contributed by atoms with Crippen LogP contribution >= 0.6 is 0 Å². The zero-order chi connectivity index (χ0) is 10.4. The molecule has 1 aliphatic heterocycles. The van der Waals surface area contributed by atoms with Gasteiger partial charge in [0.15, 0.2) is 0 Å². The standard InChI is InChI=1S/C12H16N2O/c13-9-3-4-10-8(5-9)6-11(15)12(14-10)7-1-2-7/h3-5,7,11-12,14-15H,1-2,6,13H2. The lowest BCUT2D eigenvalue weighted by Gasteiger charge is -2.32. The van der Waals surface area contributed by atoms with Crippen LogP contribution in [0.5, 0.6) is 0 Å². The summed E-state index contributed by atoms with van der Waals surface area (Å²) in [6.45, 7) is 0. The Morgan fingerprint density at radius 1 is 1.33 bits per heavy atom. The van der Waals surface area contributed by atoms with Gasteiger partial charge < -0.3 is 16.2 Å². The number of aliphatic hydroxyl groups is 1. The minimum absolute atomic E-state index is 0.251. The summed E-state index contributed by atoms with van der Waals surface area (Å²) < 4.78 is 0. The lowest BCUT2D eigenvalue weighted by atomic mass is 9.92. The van der Waals surface area contributed by atoms with E-state index in [9.17, 15) is 5.11 Å². The molecule has 1 aliphatic carbocycles. The lowest BCUT2D eigenvalue weighted by Crippen LogP contribution is -2.40. The predicted octanol–water partition coefficient (Wildman–Crippen LogP) is 1.38. The molecule has 0 spiro atoms. The molecule has 1 heterocycles. The number of fused-ring (bicyclic) bond motifs is 1. The van der Waals surface area contributed by atoms with Gasteiger partial charge in [0, 0.05) is 17.8 Å². The zero-order valence-electron chi connectivity index (χ0n) is 8.61. The molecule has 0 saturated heterocycles. The molecule has 0 radical (unpaired) electrons. The number of hydrogen-bond donors (Lipinski definition) is 3. The third-order valence-corrected chi connectivity index (χ3v) is 3.42. The van der Waals surface area contributed by atoms with Crippen molar-refractivity contribution in [2.45, 2.75) is 31.4 Å². The summed E-state index contributed by atoms with van der Waals surface area (Å²) in [6.07, 6.45) is 2.97. The number of rotatable bonds is 1. The second kappa shape index (κ2) is 3.14. The Kier molecular flexibility index (Phi) is 1.89. The first-order chi connectivity index (χ1) is 7.24. The number of nitrogens with one attached hydrogen (secondary N) is 1. The summed E-state index contributed by atoms with van der Waals surface area (Å²) in [5.41, 5.74) is 8.78. The van der Waals surface area contributed by atoms with E-state index in [-0.39, 0.29) is 12.1 Å². The Morgan fingerprint density at radius 3 is 2.87 bits per heavy atom. The van der Waals surface area contributed by atoms with Crippen LogP contribution in [0.15, 0.2) is 18.2 Å². The van der Waals surface area contributed by atoms with Gasteiger partial charge in [0.05, 0.1) is 12.1 Å². The highest BCUT2D eigenvalue weighted by Crippen LogP contribution is 2.39. The number of benzene rings is 1. The summed E-state index contributed by atoms with van der Waals surface area (Å²) in [5.74, 6) is 0.672. The number of aliphatic hydroxyl groups excluding tert-OH is 1. The van der Waals surface area contributed by atoms with Gasteiger partial charge in [0.25, 0.3) is 0 Å². The third kappa shape index (κ3) is 1.57. The van der Waals surface area contributed by atoms with Crippen molar-refractivity contribution in [3.63, 3.8) is 0 Å². The molecule has 1 aromatic carbocycles. The van der Waals surface area contributed by atoms with Gasteiger partial charge in [0.2, 0.25) is 0 Å². The lowest BCUT2D eigenvalue weighted by molar-refractivity contribution is 0.139. The summed E-state index contributed by atoms with van der Waals surface area (Å²) >= 11 is 0. The van der Waals surface area contributed by atoms with E-state index in [1.54, 1.807) is 0 Å². The SMILES string of the molecule is Nc1ccc2c(c1)CC(O)C(C1CC1)N2. The Morgan fingerprint density at radius 2 is 2.13 bits per heavy atom. The van der Waals surface area contributed by atoms with Crippen molar-refractivity contribution in [1.82, 2.24) is 0 Å². The second-order valence-electron chi connectivity index (χ2n) is 4.70. The van der Waals surface area contributed by atoms with Crippen LogP contribution in [0.4, 0.5) is 11.4 Å². The van der Waals surface area contributed by atoms with E-state index >= 15 is 0 Å². The van der Waals surface area contributed by atoms with Gasteiger partial charge in [0.1, 0.15) is 0 Å². The molecule has 2 aliphatic rings. The van der Waals surface area contributed by atoms with E-state index in [1.807, 2.05) is 18.2 Å². The van der Waals surface area contributed by atoms with Gasteiger partial charge in [-0.25, -0.2) is 0 Å². The number of nitrogens with two attached hydrogens (primary N) is 1. The molecule has 80 valence electrons. The zero-order valence-corrected chi connectivity index (χ0v) is 8.61. The Labute approximate surface area is 89.3 Å². The molecule has 3 heteroatoms. The minimum atomic E-state index is -0.258. The van der Waals surface area contributed by atoms with Crippen LogP contribution in [0.3, 0.4) is 0 Å². The van der Waals surface area contributed by atoms with Crippen LogP contribution in [0.1, 0.15) is 18.4 Å². The quantitative estimate of drug-likeness (QED) is 0.606. The molecule has 2 unspecified atom stereocenters. The fourth-order valence-electron chi connectivity index (χ4n) is 2.44. The van der Waals surface area contributed by atoms with Crippen LogP contribution in [-0.2, 0) is 6.42 Å². The summed E-state index contributed by atoms with van der Waals surface area (Å²) in [6, 6.07) is 6.13. The van der Waals surface area contributed by atoms with Gasteiger partial charge >= 0.3 is 0 Å². The fraction of sp³-hybridized carbons (Fsp3) is 0.500. The topological polar surface area (TPSA) is 58.3 Å². The third-order valence-electron chi connectivity index (χ3n) is 3.42. The van der Waals surface area contributed by atoms with Crippen LogP contribution in [0, 0.1) is 5.92 Å². The number of hydrogen-bond acceptors (Lipinski definition) is 3. The Bertz CT molecular complexity index is 387. The van der Waals surface area contributed by atoms with Crippen molar-refractivity contribution >= 4 is 11.4 Å². The second-order valence-corrected chi connectivity index (χ2v) is 4.70. The normalized spacial score (nSPS) is 29.4. The van der Waals surface area contributed by atoms with Crippen molar-refractivity contribution < 1.29 is 5.11 Å². The average Bonchev–Trinajstić information content (AvgIpc) is 3.00. The van der Waals surface area contributed by atoms with Crippen molar-refractivity contribution in [3.05, 3.63) is 23.8 Å². The maximum Gasteiger partial charge on any atom is 0.0784 e. The van der Waals surface area contributed by atoms with Gasteiger partial charge in [-0.1, -0.05) is 0 Å².